The highest BCUT2D eigenvalue weighted by Crippen LogP contribution is 2.35. The fourth-order valence-electron chi connectivity index (χ4n) is 3.02. The van der Waals surface area contributed by atoms with Crippen molar-refractivity contribution in [2.24, 2.45) is 0 Å². The second-order valence-electron chi connectivity index (χ2n) is 6.11. The number of ether oxygens (including phenoxy) is 4. The number of benzene rings is 2. The van der Waals surface area contributed by atoms with Gasteiger partial charge in [0.05, 0.1) is 19.8 Å². The summed E-state index contributed by atoms with van der Waals surface area (Å²) in [6.45, 7) is 3.04. The van der Waals surface area contributed by atoms with Gasteiger partial charge >= 0.3 is 0 Å². The van der Waals surface area contributed by atoms with Crippen LogP contribution >= 0.6 is 0 Å². The van der Waals surface area contributed by atoms with Gasteiger partial charge in [-0.3, -0.25) is 0 Å². The summed E-state index contributed by atoms with van der Waals surface area (Å²) in [5.74, 6) is 2.84. The molecule has 0 saturated heterocycles. The Balaban J connectivity index is 1.70. The van der Waals surface area contributed by atoms with E-state index in [9.17, 15) is 5.26 Å². The molecule has 6 nitrogen and oxygen atoms in total. The Morgan fingerprint density at radius 2 is 1.96 bits per heavy atom. The third-order valence-corrected chi connectivity index (χ3v) is 4.37. The zero-order chi connectivity index (χ0) is 18.5. The van der Waals surface area contributed by atoms with E-state index >= 15 is 0 Å². The maximum absolute atomic E-state index is 9.21. The lowest BCUT2D eigenvalue weighted by Crippen LogP contribution is -2.27. The van der Waals surface area contributed by atoms with Gasteiger partial charge < -0.3 is 24.3 Å². The van der Waals surface area contributed by atoms with Crippen molar-refractivity contribution in [3.8, 4) is 29.1 Å². The van der Waals surface area contributed by atoms with Crippen LogP contribution in [0.15, 0.2) is 30.3 Å². The summed E-state index contributed by atoms with van der Waals surface area (Å²) in [4.78, 5) is 0. The summed E-state index contributed by atoms with van der Waals surface area (Å²) in [7, 11) is 3.17. The molecule has 1 aliphatic heterocycles. The van der Waals surface area contributed by atoms with Crippen molar-refractivity contribution in [2.45, 2.75) is 25.9 Å². The molecule has 1 heterocycles. The average Bonchev–Trinajstić information content (AvgIpc) is 3.15. The summed E-state index contributed by atoms with van der Waals surface area (Å²) in [5, 5.41) is 12.7. The van der Waals surface area contributed by atoms with E-state index in [-0.39, 0.29) is 12.8 Å². The van der Waals surface area contributed by atoms with Gasteiger partial charge in [0.15, 0.2) is 11.5 Å². The largest absolute Gasteiger partial charge is 0.496 e. The van der Waals surface area contributed by atoms with Crippen LogP contribution in [0.5, 0.6) is 23.0 Å². The van der Waals surface area contributed by atoms with Crippen molar-refractivity contribution >= 4 is 0 Å². The quantitative estimate of drug-likeness (QED) is 0.824. The van der Waals surface area contributed by atoms with E-state index in [1.165, 1.54) is 0 Å². The number of nitriles is 1. The van der Waals surface area contributed by atoms with E-state index in [0.717, 1.165) is 29.0 Å². The maximum atomic E-state index is 9.21. The maximum Gasteiger partial charge on any atom is 0.231 e. The van der Waals surface area contributed by atoms with Crippen LogP contribution in [-0.2, 0) is 13.0 Å². The molecule has 0 spiro atoms. The first-order valence-electron chi connectivity index (χ1n) is 8.42. The van der Waals surface area contributed by atoms with Gasteiger partial charge in [-0.05, 0) is 31.0 Å². The Labute approximate surface area is 153 Å². The Morgan fingerprint density at radius 3 is 2.69 bits per heavy atom. The molecule has 1 N–H and O–H groups in total. The number of hydrogen-bond acceptors (Lipinski definition) is 6. The van der Waals surface area contributed by atoms with Crippen LogP contribution in [0, 0.1) is 11.3 Å². The highest BCUT2D eigenvalue weighted by Gasteiger charge is 2.18. The lowest BCUT2D eigenvalue weighted by atomic mass is 10.0. The van der Waals surface area contributed by atoms with Crippen molar-refractivity contribution in [3.05, 3.63) is 47.0 Å². The Morgan fingerprint density at radius 1 is 1.15 bits per heavy atom. The summed E-state index contributed by atoms with van der Waals surface area (Å²) in [5.41, 5.74) is 2.52. The fraction of sp³-hybridized carbons (Fsp3) is 0.350. The summed E-state index contributed by atoms with van der Waals surface area (Å²) >= 11 is 0. The third-order valence-electron chi connectivity index (χ3n) is 4.37. The van der Waals surface area contributed by atoms with Gasteiger partial charge in [-0.2, -0.15) is 5.26 Å². The molecule has 2 aromatic rings. The number of fused-ring (bicyclic) bond motifs is 1. The van der Waals surface area contributed by atoms with Gasteiger partial charge in [-0.25, -0.2) is 0 Å². The molecule has 3 rings (SSSR count). The number of rotatable bonds is 7. The van der Waals surface area contributed by atoms with E-state index in [4.69, 9.17) is 18.9 Å². The normalized spacial score (nSPS) is 13.2. The number of nitrogens with one attached hydrogen (secondary N) is 1. The molecule has 0 radical (unpaired) electrons. The van der Waals surface area contributed by atoms with Crippen LogP contribution in [0.25, 0.3) is 0 Å². The number of methoxy groups -OCH3 is 2. The topological polar surface area (TPSA) is 72.7 Å². The smallest absolute Gasteiger partial charge is 0.231 e. The number of para-hydroxylation sites is 1. The molecule has 6 heteroatoms. The highest BCUT2D eigenvalue weighted by molar-refractivity contribution is 5.52. The summed E-state index contributed by atoms with van der Waals surface area (Å²) < 4.78 is 21.7. The molecule has 2 aromatic carbocycles. The Kier molecular flexibility index (Phi) is 5.49. The van der Waals surface area contributed by atoms with Gasteiger partial charge in [0.25, 0.3) is 0 Å². The summed E-state index contributed by atoms with van der Waals surface area (Å²) in [6.07, 6.45) is 0.734. The zero-order valence-electron chi connectivity index (χ0n) is 15.2. The molecule has 0 amide bonds. The third kappa shape index (κ3) is 3.68. The monoisotopic (exact) mass is 354 g/mol. The molecule has 0 saturated carbocycles. The Hall–Kier alpha value is -2.91. The first kappa shape index (κ1) is 17.9. The van der Waals surface area contributed by atoms with Crippen LogP contribution in [0.4, 0.5) is 0 Å². The van der Waals surface area contributed by atoms with Gasteiger partial charge in [0.2, 0.25) is 6.79 Å². The SMILES string of the molecule is COc1cc(CC(C)NCc2cccc3c2OCO3)c(OC)cc1C#N. The minimum absolute atomic E-state index is 0.180. The number of hydrogen-bond donors (Lipinski definition) is 1. The first-order chi connectivity index (χ1) is 12.7. The zero-order valence-corrected chi connectivity index (χ0v) is 15.2. The van der Waals surface area contributed by atoms with Crippen LogP contribution in [0.2, 0.25) is 0 Å². The lowest BCUT2D eigenvalue weighted by molar-refractivity contribution is 0.173. The standard InChI is InChI=1S/C20H22N2O4/c1-13(22-11-14-5-4-6-17-20(14)26-12-25-17)7-15-8-19(24-3)16(10-21)9-18(15)23-2/h4-6,8-9,13,22H,7,11-12H2,1-3H3. The van der Waals surface area contributed by atoms with Crippen molar-refractivity contribution in [1.29, 1.82) is 5.26 Å². The molecular weight excluding hydrogens is 332 g/mol. The molecule has 0 aliphatic carbocycles. The second kappa shape index (κ2) is 7.98. The first-order valence-corrected chi connectivity index (χ1v) is 8.42. The molecule has 26 heavy (non-hydrogen) atoms. The van der Waals surface area contributed by atoms with Crippen molar-refractivity contribution < 1.29 is 18.9 Å². The van der Waals surface area contributed by atoms with Gasteiger partial charge in [-0.1, -0.05) is 12.1 Å². The average molecular weight is 354 g/mol. The fourth-order valence-corrected chi connectivity index (χ4v) is 3.02. The lowest BCUT2D eigenvalue weighted by Gasteiger charge is -2.18. The van der Waals surface area contributed by atoms with Crippen LogP contribution in [-0.4, -0.2) is 27.1 Å². The van der Waals surface area contributed by atoms with Crippen LogP contribution in [0.1, 0.15) is 23.6 Å². The summed E-state index contributed by atoms with van der Waals surface area (Å²) in [6, 6.07) is 11.8. The molecule has 0 fully saturated rings. The molecule has 1 atom stereocenters. The highest BCUT2D eigenvalue weighted by atomic mass is 16.7. The molecule has 1 unspecified atom stereocenters. The molecule has 0 aromatic heterocycles. The molecule has 0 bridgehead atoms. The van der Waals surface area contributed by atoms with E-state index in [2.05, 4.69) is 18.3 Å². The van der Waals surface area contributed by atoms with Crippen molar-refractivity contribution in [1.82, 2.24) is 5.32 Å². The Bertz CT molecular complexity index is 829. The van der Waals surface area contributed by atoms with Gasteiger partial charge in [0, 0.05) is 24.2 Å². The van der Waals surface area contributed by atoms with E-state index in [1.807, 2.05) is 24.3 Å². The molecule has 136 valence electrons. The molecule has 1 aliphatic rings. The van der Waals surface area contributed by atoms with E-state index < -0.39 is 0 Å². The minimum atomic E-state index is 0.180. The van der Waals surface area contributed by atoms with Crippen LogP contribution in [0.3, 0.4) is 0 Å². The predicted octanol–water partition coefficient (Wildman–Crippen LogP) is 3.02. The second-order valence-corrected chi connectivity index (χ2v) is 6.11. The van der Waals surface area contributed by atoms with Gasteiger partial charge in [0.1, 0.15) is 17.6 Å². The number of nitrogens with zero attached hydrogens (tertiary/aromatic N) is 1. The van der Waals surface area contributed by atoms with Crippen molar-refractivity contribution in [3.63, 3.8) is 0 Å². The minimum Gasteiger partial charge on any atom is -0.496 e. The van der Waals surface area contributed by atoms with E-state index in [1.54, 1.807) is 20.3 Å². The van der Waals surface area contributed by atoms with E-state index in [0.29, 0.717) is 23.6 Å². The predicted molar refractivity (Wildman–Crippen MR) is 96.8 cm³/mol. The van der Waals surface area contributed by atoms with Crippen molar-refractivity contribution in [2.75, 3.05) is 21.0 Å². The molecular formula is C20H22N2O4. The van der Waals surface area contributed by atoms with Gasteiger partial charge in [-0.15, -0.1) is 0 Å². The van der Waals surface area contributed by atoms with Crippen LogP contribution < -0.4 is 24.3 Å².